The Morgan fingerprint density at radius 3 is 2.76 bits per heavy atom. The normalized spacial score (nSPS) is 10.7. The van der Waals surface area contributed by atoms with Gasteiger partial charge in [-0.2, -0.15) is 0 Å². The van der Waals surface area contributed by atoms with Crippen molar-refractivity contribution >= 4 is 44.5 Å². The highest BCUT2D eigenvalue weighted by Crippen LogP contribution is 2.28. The fraction of sp³-hybridized carbons (Fsp3) is 0.0625. The van der Waals surface area contributed by atoms with Crippen LogP contribution in [-0.2, 0) is 0 Å². The molecule has 0 aliphatic heterocycles. The monoisotopic (exact) mass is 298 g/mol. The highest BCUT2D eigenvalue weighted by Gasteiger charge is 2.12. The van der Waals surface area contributed by atoms with Crippen molar-refractivity contribution < 1.29 is 9.90 Å². The zero-order chi connectivity index (χ0) is 15.0. The number of fused-ring (bicyclic) bond motifs is 1. The van der Waals surface area contributed by atoms with Crippen molar-refractivity contribution in [3.8, 4) is 0 Å². The molecule has 0 radical (unpaired) electrons. The molecule has 106 valence electrons. The van der Waals surface area contributed by atoms with E-state index in [2.05, 4.69) is 11.4 Å². The number of hydrogen-bond acceptors (Lipinski definition) is 4. The SMILES string of the molecule is Cc1cc(Nc2ccc3sccc3c2)cc(C(=O)O)c1N. The third kappa shape index (κ3) is 2.55. The topological polar surface area (TPSA) is 75.3 Å². The maximum atomic E-state index is 11.2. The van der Waals surface area contributed by atoms with Crippen LogP contribution in [0.2, 0.25) is 0 Å². The molecule has 0 bridgehead atoms. The third-order valence-corrected chi connectivity index (χ3v) is 4.26. The first kappa shape index (κ1) is 13.5. The number of hydrogen-bond donors (Lipinski definition) is 3. The molecule has 0 saturated carbocycles. The van der Waals surface area contributed by atoms with E-state index in [9.17, 15) is 9.90 Å². The summed E-state index contributed by atoms with van der Waals surface area (Å²) in [5.41, 5.74) is 8.60. The Morgan fingerprint density at radius 2 is 2.00 bits per heavy atom. The van der Waals surface area contributed by atoms with Gasteiger partial charge in [-0.3, -0.25) is 0 Å². The molecule has 0 aliphatic rings. The largest absolute Gasteiger partial charge is 0.478 e. The van der Waals surface area contributed by atoms with E-state index >= 15 is 0 Å². The van der Waals surface area contributed by atoms with Gasteiger partial charge in [-0.1, -0.05) is 0 Å². The number of nitrogens with two attached hydrogens (primary N) is 1. The molecule has 0 atom stereocenters. The molecule has 21 heavy (non-hydrogen) atoms. The van der Waals surface area contributed by atoms with Crippen molar-refractivity contribution in [3.63, 3.8) is 0 Å². The predicted octanol–water partition coefficient (Wildman–Crippen LogP) is 4.23. The number of carbonyl (C=O) groups is 1. The molecule has 0 spiro atoms. The molecule has 3 rings (SSSR count). The van der Waals surface area contributed by atoms with Gasteiger partial charge in [-0.15, -0.1) is 11.3 Å². The Bertz CT molecular complexity index is 839. The van der Waals surface area contributed by atoms with E-state index in [1.54, 1.807) is 24.3 Å². The van der Waals surface area contributed by atoms with Gasteiger partial charge in [0.25, 0.3) is 0 Å². The Balaban J connectivity index is 1.98. The highest BCUT2D eigenvalue weighted by molar-refractivity contribution is 7.17. The minimum absolute atomic E-state index is 0.120. The highest BCUT2D eigenvalue weighted by atomic mass is 32.1. The molecule has 2 aromatic carbocycles. The number of benzene rings is 2. The number of aromatic carboxylic acids is 1. The first-order valence-electron chi connectivity index (χ1n) is 6.42. The second-order valence-corrected chi connectivity index (χ2v) is 5.81. The van der Waals surface area contributed by atoms with Crippen LogP contribution in [0.4, 0.5) is 17.1 Å². The smallest absolute Gasteiger partial charge is 0.337 e. The molecule has 0 aliphatic carbocycles. The van der Waals surface area contributed by atoms with Crippen molar-refractivity contribution in [1.29, 1.82) is 0 Å². The summed E-state index contributed by atoms with van der Waals surface area (Å²) in [5.74, 6) is -1.02. The van der Waals surface area contributed by atoms with Crippen LogP contribution in [0.1, 0.15) is 15.9 Å². The average Bonchev–Trinajstić information content (AvgIpc) is 2.89. The molecule has 0 saturated heterocycles. The van der Waals surface area contributed by atoms with Crippen molar-refractivity contribution in [2.24, 2.45) is 0 Å². The molecule has 0 fully saturated rings. The number of carboxylic acids is 1. The van der Waals surface area contributed by atoms with Gasteiger partial charge in [0.15, 0.2) is 0 Å². The van der Waals surface area contributed by atoms with E-state index in [1.165, 1.54) is 4.70 Å². The van der Waals surface area contributed by atoms with E-state index in [0.29, 0.717) is 11.4 Å². The van der Waals surface area contributed by atoms with Crippen molar-refractivity contribution in [2.45, 2.75) is 6.92 Å². The van der Waals surface area contributed by atoms with Gasteiger partial charge in [0.2, 0.25) is 0 Å². The lowest BCUT2D eigenvalue weighted by Crippen LogP contribution is -2.05. The van der Waals surface area contributed by atoms with Crippen LogP contribution in [0, 0.1) is 6.92 Å². The zero-order valence-electron chi connectivity index (χ0n) is 11.4. The average molecular weight is 298 g/mol. The standard InChI is InChI=1S/C16H14N2O2S/c1-9-6-12(8-13(15(9)17)16(19)20)18-11-2-3-14-10(7-11)4-5-21-14/h2-8,18H,17H2,1H3,(H,19,20). The third-order valence-electron chi connectivity index (χ3n) is 3.36. The van der Waals surface area contributed by atoms with Gasteiger partial charge in [0.1, 0.15) is 0 Å². The van der Waals surface area contributed by atoms with E-state index in [0.717, 1.165) is 16.6 Å². The van der Waals surface area contributed by atoms with Gasteiger partial charge in [-0.05, 0) is 59.7 Å². The molecule has 5 heteroatoms. The number of nitrogens with one attached hydrogen (secondary N) is 1. The Hall–Kier alpha value is -2.53. The van der Waals surface area contributed by atoms with Gasteiger partial charge >= 0.3 is 5.97 Å². The number of rotatable bonds is 3. The van der Waals surface area contributed by atoms with E-state index in [4.69, 9.17) is 5.73 Å². The molecule has 4 N–H and O–H groups in total. The maximum absolute atomic E-state index is 11.2. The number of aryl methyl sites for hydroxylation is 1. The second kappa shape index (κ2) is 5.10. The lowest BCUT2D eigenvalue weighted by Gasteiger charge is -2.11. The van der Waals surface area contributed by atoms with E-state index in [1.807, 2.05) is 29.6 Å². The summed E-state index contributed by atoms with van der Waals surface area (Å²) in [5, 5.41) is 15.6. The number of nitrogen functional groups attached to an aromatic ring is 1. The lowest BCUT2D eigenvalue weighted by atomic mass is 10.1. The van der Waals surface area contributed by atoms with Gasteiger partial charge < -0.3 is 16.2 Å². The van der Waals surface area contributed by atoms with Crippen molar-refractivity contribution in [2.75, 3.05) is 11.1 Å². The Labute approximate surface area is 125 Å². The molecular weight excluding hydrogens is 284 g/mol. The minimum Gasteiger partial charge on any atom is -0.478 e. The van der Waals surface area contributed by atoms with Gasteiger partial charge in [0.05, 0.1) is 5.56 Å². The summed E-state index contributed by atoms with van der Waals surface area (Å²) < 4.78 is 1.22. The summed E-state index contributed by atoms with van der Waals surface area (Å²) in [4.78, 5) is 11.2. The zero-order valence-corrected chi connectivity index (χ0v) is 12.2. The Morgan fingerprint density at radius 1 is 1.19 bits per heavy atom. The van der Waals surface area contributed by atoms with Crippen LogP contribution >= 0.6 is 11.3 Å². The van der Waals surface area contributed by atoms with E-state index < -0.39 is 5.97 Å². The number of thiophene rings is 1. The molecule has 3 aromatic rings. The second-order valence-electron chi connectivity index (χ2n) is 4.86. The van der Waals surface area contributed by atoms with Gasteiger partial charge in [-0.25, -0.2) is 4.79 Å². The van der Waals surface area contributed by atoms with Gasteiger partial charge in [0, 0.05) is 21.8 Å². The van der Waals surface area contributed by atoms with Crippen molar-refractivity contribution in [1.82, 2.24) is 0 Å². The van der Waals surface area contributed by atoms with Crippen LogP contribution in [-0.4, -0.2) is 11.1 Å². The Kier molecular flexibility index (Phi) is 3.27. The summed E-state index contributed by atoms with van der Waals surface area (Å²) in [7, 11) is 0. The molecule has 1 aromatic heterocycles. The van der Waals surface area contributed by atoms with Crippen LogP contribution < -0.4 is 11.1 Å². The van der Waals surface area contributed by atoms with Crippen LogP contribution in [0.15, 0.2) is 41.8 Å². The number of anilines is 3. The summed E-state index contributed by atoms with van der Waals surface area (Å²) in [6, 6.07) is 11.5. The lowest BCUT2D eigenvalue weighted by molar-refractivity contribution is 0.0698. The van der Waals surface area contributed by atoms with Crippen LogP contribution in [0.25, 0.3) is 10.1 Å². The van der Waals surface area contributed by atoms with Crippen molar-refractivity contribution in [3.05, 3.63) is 52.9 Å². The number of carboxylic acid groups (broad SMARTS) is 1. The van der Waals surface area contributed by atoms with E-state index in [-0.39, 0.29) is 5.56 Å². The molecule has 0 amide bonds. The van der Waals surface area contributed by atoms with Crippen LogP contribution in [0.3, 0.4) is 0 Å². The summed E-state index contributed by atoms with van der Waals surface area (Å²) >= 11 is 1.69. The fourth-order valence-corrected chi connectivity index (χ4v) is 3.03. The predicted molar refractivity (Wildman–Crippen MR) is 87.7 cm³/mol. The first-order chi connectivity index (χ1) is 10.0. The molecule has 1 heterocycles. The molecular formula is C16H14N2O2S. The van der Waals surface area contributed by atoms with Crippen LogP contribution in [0.5, 0.6) is 0 Å². The molecule has 0 unspecified atom stereocenters. The minimum atomic E-state index is -1.02. The summed E-state index contributed by atoms with van der Waals surface area (Å²) in [6.07, 6.45) is 0. The quantitative estimate of drug-likeness (QED) is 0.632. The maximum Gasteiger partial charge on any atom is 0.337 e. The summed E-state index contributed by atoms with van der Waals surface area (Å²) in [6.45, 7) is 1.80. The molecule has 4 nitrogen and oxygen atoms in total. The fourth-order valence-electron chi connectivity index (χ4n) is 2.26. The first-order valence-corrected chi connectivity index (χ1v) is 7.30.